The summed E-state index contributed by atoms with van der Waals surface area (Å²) in [5.41, 5.74) is 0.259. The van der Waals surface area contributed by atoms with Crippen molar-refractivity contribution in [3.05, 3.63) is 102 Å². The number of amides is 3. The molecule has 1 aromatic heterocycles. The molecule has 2 heterocycles. The van der Waals surface area contributed by atoms with Gasteiger partial charge in [0.25, 0.3) is 5.91 Å². The van der Waals surface area contributed by atoms with Crippen LogP contribution in [0.4, 0.5) is 4.79 Å². The Morgan fingerprint density at radius 2 is 1.78 bits per heavy atom. The lowest BCUT2D eigenvalue weighted by atomic mass is 9.86. The molecule has 182 valence electrons. The van der Waals surface area contributed by atoms with E-state index in [1.54, 1.807) is 42.5 Å². The average molecular weight is 483 g/mol. The molecule has 1 N–H and O–H groups in total. The van der Waals surface area contributed by atoms with Gasteiger partial charge in [-0.2, -0.15) is 0 Å². The highest BCUT2D eigenvalue weighted by Gasteiger charge is 2.55. The fourth-order valence-electron chi connectivity index (χ4n) is 4.95. The number of aromatic carboxylic acids is 1. The lowest BCUT2D eigenvalue weighted by molar-refractivity contribution is -0.133. The number of carbonyl (C=O) groups excluding carboxylic acids is 2. The number of imide groups is 1. The lowest BCUT2D eigenvalue weighted by Gasteiger charge is -2.33. The van der Waals surface area contributed by atoms with Crippen LogP contribution in [0.25, 0.3) is 10.8 Å². The van der Waals surface area contributed by atoms with Gasteiger partial charge in [0, 0.05) is 32.0 Å². The van der Waals surface area contributed by atoms with Gasteiger partial charge in [-0.05, 0) is 47.4 Å². The smallest absolute Gasteiger partial charge is 0.335 e. The maximum atomic E-state index is 14.0. The van der Waals surface area contributed by atoms with Crippen LogP contribution in [0.1, 0.15) is 34.8 Å². The van der Waals surface area contributed by atoms with Gasteiger partial charge in [0.05, 0.1) is 11.9 Å². The number of benzene rings is 3. The first kappa shape index (κ1) is 23.3. The fraction of sp³-hybridized carbons (Fsp3) is 0.214. The SMILES string of the molecule is CC1(c2cccc3ccccc23)C(=O)N(CCCn2ccnc2)C(=O)N1Cc1cccc(C(=O)O)c1. The van der Waals surface area contributed by atoms with Crippen molar-refractivity contribution >= 4 is 28.7 Å². The van der Waals surface area contributed by atoms with Gasteiger partial charge >= 0.3 is 12.0 Å². The van der Waals surface area contributed by atoms with Gasteiger partial charge in [-0.3, -0.25) is 9.69 Å². The molecule has 3 amide bonds. The molecule has 5 rings (SSSR count). The van der Waals surface area contributed by atoms with E-state index in [-0.39, 0.29) is 30.6 Å². The highest BCUT2D eigenvalue weighted by Crippen LogP contribution is 2.41. The minimum atomic E-state index is -1.26. The summed E-state index contributed by atoms with van der Waals surface area (Å²) in [6, 6.07) is 19.7. The number of rotatable bonds is 8. The highest BCUT2D eigenvalue weighted by atomic mass is 16.4. The third kappa shape index (κ3) is 4.00. The Labute approximate surface area is 208 Å². The summed E-state index contributed by atoms with van der Waals surface area (Å²) >= 11 is 0. The maximum Gasteiger partial charge on any atom is 0.335 e. The second kappa shape index (κ2) is 9.30. The Kier molecular flexibility index (Phi) is 6.01. The van der Waals surface area contributed by atoms with Crippen molar-refractivity contribution in [3.63, 3.8) is 0 Å². The van der Waals surface area contributed by atoms with Crippen molar-refractivity contribution in [2.24, 2.45) is 0 Å². The molecule has 1 saturated heterocycles. The topological polar surface area (TPSA) is 95.7 Å². The number of aromatic nitrogens is 2. The molecule has 3 aromatic carbocycles. The number of nitrogens with zero attached hydrogens (tertiary/aromatic N) is 4. The number of carbonyl (C=O) groups is 3. The lowest BCUT2D eigenvalue weighted by Crippen LogP contribution is -2.44. The first-order valence-corrected chi connectivity index (χ1v) is 11.8. The van der Waals surface area contributed by atoms with Gasteiger partial charge in [0.1, 0.15) is 5.54 Å². The van der Waals surface area contributed by atoms with E-state index >= 15 is 0 Å². The van der Waals surface area contributed by atoms with Crippen LogP contribution in [0.2, 0.25) is 0 Å². The van der Waals surface area contributed by atoms with E-state index in [0.717, 1.165) is 16.3 Å². The summed E-state index contributed by atoms with van der Waals surface area (Å²) in [6.45, 7) is 2.78. The van der Waals surface area contributed by atoms with E-state index in [0.29, 0.717) is 18.5 Å². The predicted octanol–water partition coefficient (Wildman–Crippen LogP) is 4.50. The zero-order chi connectivity index (χ0) is 25.3. The Hall–Kier alpha value is -4.46. The summed E-state index contributed by atoms with van der Waals surface area (Å²) in [4.78, 5) is 46.2. The summed E-state index contributed by atoms with van der Waals surface area (Å²) in [5.74, 6) is -1.33. The summed E-state index contributed by atoms with van der Waals surface area (Å²) in [5, 5.41) is 11.3. The second-order valence-electron chi connectivity index (χ2n) is 9.08. The molecule has 0 spiro atoms. The number of hydrogen-bond donors (Lipinski definition) is 1. The standard InChI is InChI=1S/C28H26N4O4/c1-28(24-12-5-9-21-8-2-3-11-23(21)24)26(35)31(15-6-14-30-16-13-29-19-30)27(36)32(28)18-20-7-4-10-22(17-20)25(33)34/h2-5,7-13,16-17,19H,6,14-15,18H2,1H3,(H,33,34). The van der Waals surface area contributed by atoms with Crippen LogP contribution in [0.5, 0.6) is 0 Å². The van der Waals surface area contributed by atoms with Crippen LogP contribution in [-0.2, 0) is 23.4 Å². The molecule has 4 aromatic rings. The van der Waals surface area contributed by atoms with Crippen molar-refractivity contribution in [2.75, 3.05) is 6.54 Å². The first-order valence-electron chi connectivity index (χ1n) is 11.8. The van der Waals surface area contributed by atoms with Crippen LogP contribution in [0.3, 0.4) is 0 Å². The van der Waals surface area contributed by atoms with E-state index in [9.17, 15) is 19.5 Å². The number of fused-ring (bicyclic) bond motifs is 1. The molecule has 1 aliphatic heterocycles. The molecule has 36 heavy (non-hydrogen) atoms. The molecular weight excluding hydrogens is 456 g/mol. The summed E-state index contributed by atoms with van der Waals surface area (Å²) < 4.78 is 1.91. The van der Waals surface area contributed by atoms with E-state index in [4.69, 9.17) is 0 Å². The van der Waals surface area contributed by atoms with Crippen molar-refractivity contribution in [3.8, 4) is 0 Å². The molecule has 0 radical (unpaired) electrons. The van der Waals surface area contributed by atoms with Crippen LogP contribution < -0.4 is 0 Å². The van der Waals surface area contributed by atoms with Crippen LogP contribution in [0.15, 0.2) is 85.5 Å². The van der Waals surface area contributed by atoms with E-state index < -0.39 is 11.5 Å². The number of imidazole rings is 1. The van der Waals surface area contributed by atoms with E-state index in [1.807, 2.05) is 53.2 Å². The molecular formula is C28H26N4O4. The zero-order valence-electron chi connectivity index (χ0n) is 19.9. The van der Waals surface area contributed by atoms with Crippen molar-refractivity contribution in [1.82, 2.24) is 19.4 Å². The van der Waals surface area contributed by atoms with E-state index in [1.165, 1.54) is 11.0 Å². The zero-order valence-corrected chi connectivity index (χ0v) is 19.9. The maximum absolute atomic E-state index is 14.0. The van der Waals surface area contributed by atoms with Gasteiger partial charge in [-0.25, -0.2) is 14.6 Å². The predicted molar refractivity (Wildman–Crippen MR) is 134 cm³/mol. The quantitative estimate of drug-likeness (QED) is 0.373. The molecule has 1 fully saturated rings. The Morgan fingerprint density at radius 1 is 1.00 bits per heavy atom. The Bertz CT molecular complexity index is 1440. The molecule has 8 heteroatoms. The minimum absolute atomic E-state index is 0.101. The fourth-order valence-corrected chi connectivity index (χ4v) is 4.95. The van der Waals surface area contributed by atoms with Crippen molar-refractivity contribution in [1.29, 1.82) is 0 Å². The Morgan fingerprint density at radius 3 is 2.56 bits per heavy atom. The molecule has 1 atom stereocenters. The number of carboxylic acids is 1. The van der Waals surface area contributed by atoms with Crippen LogP contribution >= 0.6 is 0 Å². The number of carboxylic acid groups (broad SMARTS) is 1. The minimum Gasteiger partial charge on any atom is -0.478 e. The Balaban J connectivity index is 1.54. The van der Waals surface area contributed by atoms with Gasteiger partial charge in [-0.15, -0.1) is 0 Å². The van der Waals surface area contributed by atoms with Crippen molar-refractivity contribution < 1.29 is 19.5 Å². The first-order chi connectivity index (χ1) is 17.4. The number of aryl methyl sites for hydroxylation is 1. The van der Waals surface area contributed by atoms with Crippen LogP contribution in [-0.4, -0.2) is 48.9 Å². The third-order valence-electron chi connectivity index (χ3n) is 6.85. The number of urea groups is 1. The van der Waals surface area contributed by atoms with Gasteiger partial charge < -0.3 is 14.6 Å². The molecule has 8 nitrogen and oxygen atoms in total. The largest absolute Gasteiger partial charge is 0.478 e. The second-order valence-corrected chi connectivity index (χ2v) is 9.08. The molecule has 0 saturated carbocycles. The summed E-state index contributed by atoms with van der Waals surface area (Å²) in [6.07, 6.45) is 5.82. The summed E-state index contributed by atoms with van der Waals surface area (Å²) in [7, 11) is 0. The van der Waals surface area contributed by atoms with Crippen LogP contribution in [0, 0.1) is 0 Å². The third-order valence-corrected chi connectivity index (χ3v) is 6.85. The average Bonchev–Trinajstić information content (AvgIpc) is 3.47. The molecule has 1 unspecified atom stereocenters. The van der Waals surface area contributed by atoms with E-state index in [2.05, 4.69) is 4.98 Å². The van der Waals surface area contributed by atoms with Crippen molar-refractivity contribution in [2.45, 2.75) is 32.0 Å². The number of hydrogen-bond acceptors (Lipinski definition) is 4. The molecule has 1 aliphatic rings. The van der Waals surface area contributed by atoms with Gasteiger partial charge in [0.2, 0.25) is 0 Å². The molecule has 0 bridgehead atoms. The molecule has 0 aliphatic carbocycles. The highest BCUT2D eigenvalue weighted by molar-refractivity contribution is 6.09. The van der Waals surface area contributed by atoms with Gasteiger partial charge in [-0.1, -0.05) is 54.6 Å². The normalized spacial score (nSPS) is 17.8. The monoisotopic (exact) mass is 482 g/mol. The van der Waals surface area contributed by atoms with Gasteiger partial charge in [0.15, 0.2) is 0 Å².